The molecule has 1 aliphatic rings. The van der Waals surface area contributed by atoms with Crippen molar-refractivity contribution in [2.75, 3.05) is 6.61 Å². The van der Waals surface area contributed by atoms with Gasteiger partial charge in [-0.3, -0.25) is 9.36 Å². The molecule has 0 aromatic carbocycles. The van der Waals surface area contributed by atoms with E-state index in [1.165, 1.54) is 0 Å². The second-order valence-electron chi connectivity index (χ2n) is 3.70. The molecule has 1 unspecified atom stereocenters. The van der Waals surface area contributed by atoms with Crippen LogP contribution in [0.5, 0.6) is 0 Å². The van der Waals surface area contributed by atoms with E-state index in [0.29, 0.717) is 0 Å². The first kappa shape index (κ1) is 16.2. The molecule has 1 atom stereocenters. The smallest absolute Gasteiger partial charge is 0.772 e. The third-order valence-corrected chi connectivity index (χ3v) is 3.71. The Balaban J connectivity index is 0.00000225. The van der Waals surface area contributed by atoms with E-state index in [9.17, 15) is 14.3 Å². The van der Waals surface area contributed by atoms with Gasteiger partial charge < -0.3 is 14.7 Å². The molecule has 88 valence electrons. The fourth-order valence-electron chi connectivity index (χ4n) is 1.73. The Morgan fingerprint density at radius 3 is 2.50 bits per heavy atom. The molecule has 0 aliphatic heterocycles. The molecule has 7 heteroatoms. The van der Waals surface area contributed by atoms with Gasteiger partial charge >= 0.3 is 18.9 Å². The molecule has 1 rings (SSSR count). The van der Waals surface area contributed by atoms with Crippen molar-refractivity contribution in [3.63, 3.8) is 0 Å². The summed E-state index contributed by atoms with van der Waals surface area (Å²) < 4.78 is 15.6. The van der Waals surface area contributed by atoms with Gasteiger partial charge in [0.15, 0.2) is 0 Å². The monoisotopic (exact) mass is 241 g/mol. The summed E-state index contributed by atoms with van der Waals surface area (Å²) in [5.74, 6) is 0. The van der Waals surface area contributed by atoms with E-state index in [0.717, 1.165) is 32.1 Å². The van der Waals surface area contributed by atoms with Crippen LogP contribution in [0.15, 0.2) is 0 Å². The maximum absolute atomic E-state index is 11.3. The molecular formula is C9H17LiNO4P. The predicted molar refractivity (Wildman–Crippen MR) is 54.6 cm³/mol. The number of nitrogens with one attached hydrogen (secondary N) is 1. The summed E-state index contributed by atoms with van der Waals surface area (Å²) >= 11 is 0. The normalized spacial score (nSPS) is 20.6. The van der Waals surface area contributed by atoms with E-state index in [1.54, 1.807) is 6.92 Å². The van der Waals surface area contributed by atoms with Crippen molar-refractivity contribution < 1.29 is 37.6 Å². The Labute approximate surface area is 108 Å². The summed E-state index contributed by atoms with van der Waals surface area (Å²) in [5, 5.41) is 2.50. The largest absolute Gasteiger partial charge is 1.00 e. The molecule has 5 nitrogen and oxygen atoms in total. The average molecular weight is 241 g/mol. The van der Waals surface area contributed by atoms with Gasteiger partial charge in [0.25, 0.3) is 5.65 Å². The molecule has 0 heterocycles. The summed E-state index contributed by atoms with van der Waals surface area (Å²) in [6.45, 7) is 1.54. The van der Waals surface area contributed by atoms with Gasteiger partial charge in [0.05, 0.1) is 6.61 Å². The van der Waals surface area contributed by atoms with Crippen molar-refractivity contribution in [3.05, 3.63) is 0 Å². The van der Waals surface area contributed by atoms with Crippen LogP contribution in [0.1, 0.15) is 39.0 Å². The fraction of sp³-hybridized carbons (Fsp3) is 0.889. The zero-order chi connectivity index (χ0) is 11.3. The van der Waals surface area contributed by atoms with Crippen molar-refractivity contribution in [3.8, 4) is 0 Å². The molecule has 1 amide bonds. The molecule has 0 spiro atoms. The van der Waals surface area contributed by atoms with Crippen LogP contribution in [0.25, 0.3) is 0 Å². The first-order valence-corrected chi connectivity index (χ1v) is 6.87. The Hall–Kier alpha value is 0.217. The summed E-state index contributed by atoms with van der Waals surface area (Å²) in [6, 6.07) is -0.00557. The van der Waals surface area contributed by atoms with Crippen molar-refractivity contribution in [2.24, 2.45) is 0 Å². The number of carbonyl (C=O) groups is 1. The fourth-order valence-corrected chi connectivity index (χ4v) is 2.53. The molecule has 0 aromatic rings. The van der Waals surface area contributed by atoms with Crippen LogP contribution in [0.3, 0.4) is 0 Å². The molecule has 0 radical (unpaired) electrons. The van der Waals surface area contributed by atoms with Gasteiger partial charge in [0, 0.05) is 6.04 Å². The SMILES string of the molecule is CCOP(=O)([O-])C(=O)NC1CCCCC1.[Li+]. The predicted octanol–water partition coefficient (Wildman–Crippen LogP) is -1.38. The molecule has 1 aliphatic carbocycles. The van der Waals surface area contributed by atoms with Crippen LogP contribution in [0, 0.1) is 0 Å². The molecule has 16 heavy (non-hydrogen) atoms. The van der Waals surface area contributed by atoms with E-state index in [1.807, 2.05) is 0 Å². The van der Waals surface area contributed by atoms with E-state index in [-0.39, 0.29) is 31.5 Å². The Morgan fingerprint density at radius 1 is 1.44 bits per heavy atom. The van der Waals surface area contributed by atoms with Crippen molar-refractivity contribution in [2.45, 2.75) is 45.1 Å². The molecule has 0 saturated heterocycles. The van der Waals surface area contributed by atoms with Crippen molar-refractivity contribution in [1.82, 2.24) is 5.32 Å². The van der Waals surface area contributed by atoms with E-state index in [2.05, 4.69) is 9.84 Å². The van der Waals surface area contributed by atoms with Crippen LogP contribution in [-0.2, 0) is 9.09 Å². The average Bonchev–Trinajstić information content (AvgIpc) is 2.19. The maximum atomic E-state index is 11.3. The molecule has 1 fully saturated rings. The second-order valence-corrected chi connectivity index (χ2v) is 5.36. The van der Waals surface area contributed by atoms with Gasteiger partial charge in [0.2, 0.25) is 7.60 Å². The minimum absolute atomic E-state index is 0. The standard InChI is InChI=1S/C9H18NO4P.Li/c1-2-14-15(12,13)9(11)10-8-6-4-3-5-7-8;/h8H,2-7H2,1H3,(H,10,11)(H,12,13);/q;+1/p-1. The van der Waals surface area contributed by atoms with Crippen LogP contribution in [-0.4, -0.2) is 18.3 Å². The zero-order valence-electron chi connectivity index (χ0n) is 9.90. The topological polar surface area (TPSA) is 78.5 Å². The summed E-state index contributed by atoms with van der Waals surface area (Å²) in [7, 11) is -4.35. The Kier molecular flexibility index (Phi) is 7.63. The Morgan fingerprint density at radius 2 is 2.00 bits per heavy atom. The van der Waals surface area contributed by atoms with Gasteiger partial charge in [0.1, 0.15) is 0 Å². The molecule has 1 N–H and O–H groups in total. The number of hydrogen-bond acceptors (Lipinski definition) is 4. The van der Waals surface area contributed by atoms with E-state index >= 15 is 0 Å². The first-order valence-electron chi connectivity index (χ1n) is 5.33. The second kappa shape index (κ2) is 7.53. The number of rotatable bonds is 4. The van der Waals surface area contributed by atoms with Gasteiger partial charge in [-0.05, 0) is 19.8 Å². The van der Waals surface area contributed by atoms with Gasteiger partial charge in [-0.1, -0.05) is 19.3 Å². The van der Waals surface area contributed by atoms with Crippen molar-refractivity contribution in [1.29, 1.82) is 0 Å². The Bertz CT molecular complexity index is 268. The molecule has 0 aromatic heterocycles. The summed E-state index contributed by atoms with van der Waals surface area (Å²) in [6.07, 6.45) is 4.97. The third-order valence-electron chi connectivity index (χ3n) is 2.48. The van der Waals surface area contributed by atoms with E-state index < -0.39 is 13.2 Å². The van der Waals surface area contributed by atoms with Crippen LogP contribution in [0.2, 0.25) is 0 Å². The van der Waals surface area contributed by atoms with Gasteiger partial charge in [-0.25, -0.2) is 0 Å². The number of hydrogen-bond donors (Lipinski definition) is 1. The first-order chi connectivity index (χ1) is 7.06. The maximum Gasteiger partial charge on any atom is 1.00 e. The quantitative estimate of drug-likeness (QED) is 0.486. The molecule has 1 saturated carbocycles. The van der Waals surface area contributed by atoms with Crippen LogP contribution >= 0.6 is 7.60 Å². The summed E-state index contributed by atoms with van der Waals surface area (Å²) in [4.78, 5) is 22.5. The molecular weight excluding hydrogens is 224 g/mol. The van der Waals surface area contributed by atoms with Crippen molar-refractivity contribution >= 4 is 13.2 Å². The summed E-state index contributed by atoms with van der Waals surface area (Å²) in [5.41, 5.74) is -0.976. The number of carbonyl (C=O) groups excluding carboxylic acids is 1. The van der Waals surface area contributed by atoms with E-state index in [4.69, 9.17) is 0 Å². The zero-order valence-corrected chi connectivity index (χ0v) is 10.8. The van der Waals surface area contributed by atoms with Crippen LogP contribution < -0.4 is 29.1 Å². The number of amides is 1. The minimum Gasteiger partial charge on any atom is -0.772 e. The molecule has 0 bridgehead atoms. The third kappa shape index (κ3) is 5.03. The minimum atomic E-state index is -4.35. The van der Waals surface area contributed by atoms with Gasteiger partial charge in [-0.15, -0.1) is 0 Å². The van der Waals surface area contributed by atoms with Gasteiger partial charge in [-0.2, -0.15) is 0 Å². The van der Waals surface area contributed by atoms with Crippen LogP contribution in [0.4, 0.5) is 4.79 Å².